The van der Waals surface area contributed by atoms with Crippen LogP contribution in [0.4, 0.5) is 17.6 Å². The van der Waals surface area contributed by atoms with Gasteiger partial charge in [0.05, 0.1) is 5.69 Å². The summed E-state index contributed by atoms with van der Waals surface area (Å²) in [5.41, 5.74) is -7.15. The third-order valence-electron chi connectivity index (χ3n) is 5.79. The fraction of sp³-hybridized carbons (Fsp3) is 0.333. The molecule has 1 aliphatic rings. The average molecular weight is 393 g/mol. The second-order valence-corrected chi connectivity index (χ2v) is 8.09. The lowest BCUT2D eigenvalue weighted by molar-refractivity contribution is -0.324. The Balaban J connectivity index is 2.10. The summed E-state index contributed by atoms with van der Waals surface area (Å²) in [4.78, 5) is 2.81. The molecule has 0 radical (unpaired) electrons. The summed E-state index contributed by atoms with van der Waals surface area (Å²) < 4.78 is 56.5. The molecule has 4 rings (SSSR count). The summed E-state index contributed by atoms with van der Waals surface area (Å²) in [5.74, 6) is -0.622. The zero-order valence-electron chi connectivity index (χ0n) is 15.2. The molecule has 0 saturated heterocycles. The number of rotatable bonds is 1. The van der Waals surface area contributed by atoms with Crippen molar-refractivity contribution in [2.75, 3.05) is 0 Å². The number of aromatic nitrogens is 1. The molecule has 1 heterocycles. The number of hydrogen-bond donors (Lipinski definition) is 3. The number of nitrogens with one attached hydrogen (secondary N) is 1. The number of halogens is 4. The first-order valence-electron chi connectivity index (χ1n) is 8.80. The van der Waals surface area contributed by atoms with Crippen molar-refractivity contribution in [3.05, 3.63) is 71.2 Å². The molecule has 0 aliphatic heterocycles. The maximum atomic E-state index is 14.2. The van der Waals surface area contributed by atoms with Crippen LogP contribution in [-0.4, -0.2) is 27.0 Å². The van der Waals surface area contributed by atoms with Gasteiger partial charge in [0.1, 0.15) is 5.82 Å². The van der Waals surface area contributed by atoms with Gasteiger partial charge in [0, 0.05) is 5.52 Å². The van der Waals surface area contributed by atoms with Gasteiger partial charge in [-0.05, 0) is 52.6 Å². The number of H-pyrrole nitrogens is 1. The Bertz CT molecular complexity index is 1040. The molecular formula is C21H19F4NO2. The lowest BCUT2D eigenvalue weighted by Crippen LogP contribution is -2.66. The van der Waals surface area contributed by atoms with Crippen LogP contribution in [-0.2, 0) is 11.0 Å². The molecule has 0 saturated carbocycles. The molecule has 1 aliphatic carbocycles. The van der Waals surface area contributed by atoms with Gasteiger partial charge in [0.25, 0.3) is 0 Å². The molecule has 0 amide bonds. The van der Waals surface area contributed by atoms with Crippen LogP contribution in [0.25, 0.3) is 10.9 Å². The van der Waals surface area contributed by atoms with Crippen LogP contribution < -0.4 is 0 Å². The monoisotopic (exact) mass is 393 g/mol. The first-order chi connectivity index (χ1) is 12.9. The van der Waals surface area contributed by atoms with Gasteiger partial charge in [-0.2, -0.15) is 13.2 Å². The van der Waals surface area contributed by atoms with Crippen LogP contribution >= 0.6 is 0 Å². The van der Waals surface area contributed by atoms with Crippen LogP contribution in [0.5, 0.6) is 0 Å². The zero-order chi connectivity index (χ0) is 20.5. The van der Waals surface area contributed by atoms with Crippen molar-refractivity contribution in [2.24, 2.45) is 0 Å². The number of benzene rings is 2. The van der Waals surface area contributed by atoms with Crippen molar-refractivity contribution in [3.63, 3.8) is 0 Å². The van der Waals surface area contributed by atoms with Crippen molar-refractivity contribution in [2.45, 2.75) is 43.1 Å². The molecule has 0 bridgehead atoms. The van der Waals surface area contributed by atoms with E-state index in [4.69, 9.17) is 0 Å². The van der Waals surface area contributed by atoms with Gasteiger partial charge in [-0.25, -0.2) is 4.39 Å². The van der Waals surface area contributed by atoms with Crippen LogP contribution in [0.3, 0.4) is 0 Å². The minimum absolute atomic E-state index is 0.170. The van der Waals surface area contributed by atoms with E-state index in [1.165, 1.54) is 19.9 Å². The van der Waals surface area contributed by atoms with Crippen molar-refractivity contribution < 1.29 is 27.8 Å². The smallest absolute Gasteiger partial charge is 0.378 e. The van der Waals surface area contributed by atoms with Gasteiger partial charge < -0.3 is 15.2 Å². The summed E-state index contributed by atoms with van der Waals surface area (Å²) in [5, 5.41) is 23.1. The molecule has 28 heavy (non-hydrogen) atoms. The Morgan fingerprint density at radius 3 is 2.29 bits per heavy atom. The maximum Gasteiger partial charge on any atom is 0.420 e. The van der Waals surface area contributed by atoms with Gasteiger partial charge in [-0.1, -0.05) is 38.1 Å². The van der Waals surface area contributed by atoms with Crippen molar-refractivity contribution >= 4 is 10.9 Å². The Hall–Kier alpha value is -2.38. The van der Waals surface area contributed by atoms with Gasteiger partial charge in [0.15, 0.2) is 11.2 Å². The highest BCUT2D eigenvalue weighted by molar-refractivity contribution is 5.81. The molecule has 2 aromatic carbocycles. The first-order valence-corrected chi connectivity index (χ1v) is 8.80. The quantitative estimate of drug-likeness (QED) is 0.533. The number of aromatic amines is 1. The van der Waals surface area contributed by atoms with E-state index in [1.54, 1.807) is 24.3 Å². The summed E-state index contributed by atoms with van der Waals surface area (Å²) >= 11 is 0. The predicted octanol–water partition coefficient (Wildman–Crippen LogP) is 4.52. The van der Waals surface area contributed by atoms with Crippen LogP contribution in [0.1, 0.15) is 37.1 Å². The van der Waals surface area contributed by atoms with E-state index in [2.05, 4.69) is 4.98 Å². The molecule has 148 valence electrons. The standard InChI is InChI=1S/C21H19F4NO2/c1-18(2)11-19(27,21(23,24)25)20(28,14-8-7-13(22)10-15(14)18)17-9-12-5-3-4-6-16(12)26-17/h3-10,26-28H,11H2,1-2H3. The molecule has 7 heteroatoms. The van der Waals surface area contributed by atoms with Gasteiger partial charge in [-0.3, -0.25) is 0 Å². The van der Waals surface area contributed by atoms with E-state index < -0.39 is 35.0 Å². The van der Waals surface area contributed by atoms with Gasteiger partial charge in [0.2, 0.25) is 0 Å². The first kappa shape index (κ1) is 19.0. The van der Waals surface area contributed by atoms with Crippen molar-refractivity contribution in [1.82, 2.24) is 4.98 Å². The Morgan fingerprint density at radius 1 is 0.964 bits per heavy atom. The number of fused-ring (bicyclic) bond motifs is 2. The molecule has 3 N–H and O–H groups in total. The molecule has 3 nitrogen and oxygen atoms in total. The molecule has 0 spiro atoms. The highest BCUT2D eigenvalue weighted by atomic mass is 19.4. The second kappa shape index (κ2) is 5.58. The SMILES string of the molecule is CC1(C)CC(O)(C(F)(F)F)C(O)(c2cc3ccccc3[nH]2)c2ccc(F)cc21. The Labute approximate surface area is 158 Å². The highest BCUT2D eigenvalue weighted by Crippen LogP contribution is 2.58. The summed E-state index contributed by atoms with van der Waals surface area (Å²) in [6.45, 7) is 2.99. The summed E-state index contributed by atoms with van der Waals surface area (Å²) in [6.07, 6.45) is -5.96. The minimum atomic E-state index is -5.14. The van der Waals surface area contributed by atoms with E-state index in [0.717, 1.165) is 18.2 Å². The minimum Gasteiger partial charge on any atom is -0.378 e. The summed E-state index contributed by atoms with van der Waals surface area (Å²) in [7, 11) is 0. The maximum absolute atomic E-state index is 14.2. The van der Waals surface area contributed by atoms with E-state index in [0.29, 0.717) is 10.9 Å². The molecule has 2 atom stereocenters. The fourth-order valence-corrected chi connectivity index (χ4v) is 4.42. The largest absolute Gasteiger partial charge is 0.420 e. The topological polar surface area (TPSA) is 56.2 Å². The number of para-hydroxylation sites is 1. The van der Waals surface area contributed by atoms with E-state index in [1.807, 2.05) is 0 Å². The van der Waals surface area contributed by atoms with Crippen molar-refractivity contribution in [3.8, 4) is 0 Å². The molecular weight excluding hydrogens is 374 g/mol. The highest BCUT2D eigenvalue weighted by Gasteiger charge is 2.71. The van der Waals surface area contributed by atoms with Crippen LogP contribution in [0.15, 0.2) is 48.5 Å². The van der Waals surface area contributed by atoms with Crippen LogP contribution in [0.2, 0.25) is 0 Å². The molecule has 2 unspecified atom stereocenters. The number of hydrogen-bond acceptors (Lipinski definition) is 2. The van der Waals surface area contributed by atoms with Crippen molar-refractivity contribution in [1.29, 1.82) is 0 Å². The Kier molecular flexibility index (Phi) is 3.78. The fourth-order valence-electron chi connectivity index (χ4n) is 4.42. The van der Waals surface area contributed by atoms with E-state index in [-0.39, 0.29) is 16.8 Å². The van der Waals surface area contributed by atoms with Crippen LogP contribution in [0, 0.1) is 5.82 Å². The molecule has 0 fully saturated rings. The number of alkyl halides is 3. The summed E-state index contributed by atoms with van der Waals surface area (Å²) in [6, 6.07) is 11.4. The average Bonchev–Trinajstić information content (AvgIpc) is 3.03. The van der Waals surface area contributed by atoms with E-state index in [9.17, 15) is 27.8 Å². The zero-order valence-corrected chi connectivity index (χ0v) is 15.2. The van der Waals surface area contributed by atoms with E-state index >= 15 is 0 Å². The number of aliphatic hydroxyl groups is 2. The normalized spacial score (nSPS) is 27.0. The second-order valence-electron chi connectivity index (χ2n) is 8.09. The lowest BCUT2D eigenvalue weighted by atomic mass is 9.58. The third kappa shape index (κ3) is 2.36. The third-order valence-corrected chi connectivity index (χ3v) is 5.79. The predicted molar refractivity (Wildman–Crippen MR) is 96.3 cm³/mol. The van der Waals surface area contributed by atoms with Gasteiger partial charge in [-0.15, -0.1) is 0 Å². The molecule has 1 aromatic heterocycles. The Morgan fingerprint density at radius 2 is 1.64 bits per heavy atom. The molecule has 3 aromatic rings. The van der Waals surface area contributed by atoms with Gasteiger partial charge >= 0.3 is 6.18 Å². The lowest BCUT2D eigenvalue weighted by Gasteiger charge is -2.53.